The normalized spacial score (nSPS) is 10.0. The van der Waals surface area contributed by atoms with Crippen LogP contribution in [0.2, 0.25) is 0 Å². The molecule has 0 unspecified atom stereocenters. The molecule has 6 nitrogen and oxygen atoms in total. The van der Waals surface area contributed by atoms with E-state index in [1.165, 1.54) is 24.3 Å². The van der Waals surface area contributed by atoms with Crippen LogP contribution in [0.25, 0.3) is 0 Å². The third-order valence-electron chi connectivity index (χ3n) is 3.48. The summed E-state index contributed by atoms with van der Waals surface area (Å²) in [5.41, 5.74) is 6.04. The highest BCUT2D eigenvalue weighted by Gasteiger charge is 2.10. The van der Waals surface area contributed by atoms with Gasteiger partial charge in [-0.1, -0.05) is 0 Å². The molecule has 0 aromatic heterocycles. The molecule has 27 heavy (non-hydrogen) atoms. The lowest BCUT2D eigenvalue weighted by Gasteiger charge is -2.11. The fraction of sp³-hybridized carbons (Fsp3) is 0.211. The van der Waals surface area contributed by atoms with Crippen molar-refractivity contribution in [1.82, 2.24) is 10.9 Å². The maximum atomic E-state index is 12.8. The molecule has 2 aromatic rings. The van der Waals surface area contributed by atoms with E-state index in [-0.39, 0.29) is 35.5 Å². The average Bonchev–Trinajstić information content (AvgIpc) is 2.67. The number of hydrazine groups is 1. The highest BCUT2D eigenvalue weighted by atomic mass is 32.1. The van der Waals surface area contributed by atoms with Crippen LogP contribution >= 0.6 is 12.2 Å². The van der Waals surface area contributed by atoms with Crippen molar-refractivity contribution in [2.24, 2.45) is 0 Å². The summed E-state index contributed by atoms with van der Waals surface area (Å²) in [7, 11) is 0. The standard InChI is InChI=1S/C19H20FN3O3S/c1-2-26-16-9-3-13(4-10-16)17(24)11-12-18(25)22-23-19(27)21-15-7-5-14(20)6-8-15/h3-10H,2,11-12H2,1H3,(H,22,25)(H2,21,23,27). The Morgan fingerprint density at radius 1 is 1.00 bits per heavy atom. The first-order valence-electron chi connectivity index (χ1n) is 8.35. The Kier molecular flexibility index (Phi) is 7.69. The minimum Gasteiger partial charge on any atom is -0.494 e. The number of nitrogens with one attached hydrogen (secondary N) is 3. The fourth-order valence-corrected chi connectivity index (χ4v) is 2.33. The summed E-state index contributed by atoms with van der Waals surface area (Å²) >= 11 is 5.02. The number of ketones is 1. The number of amides is 1. The van der Waals surface area contributed by atoms with Gasteiger partial charge < -0.3 is 10.1 Å². The molecule has 0 saturated heterocycles. The van der Waals surface area contributed by atoms with Gasteiger partial charge in [0.1, 0.15) is 11.6 Å². The quantitative estimate of drug-likeness (QED) is 0.383. The Labute approximate surface area is 162 Å². The van der Waals surface area contributed by atoms with E-state index in [0.29, 0.717) is 23.6 Å². The Morgan fingerprint density at radius 2 is 1.67 bits per heavy atom. The predicted molar refractivity (Wildman–Crippen MR) is 105 cm³/mol. The van der Waals surface area contributed by atoms with Crippen molar-refractivity contribution in [3.63, 3.8) is 0 Å². The molecule has 0 spiro atoms. The van der Waals surface area contributed by atoms with Crippen molar-refractivity contribution in [2.75, 3.05) is 11.9 Å². The lowest BCUT2D eigenvalue weighted by molar-refractivity contribution is -0.121. The molecule has 0 aliphatic rings. The van der Waals surface area contributed by atoms with Crippen molar-refractivity contribution in [3.8, 4) is 5.75 Å². The molecule has 2 aromatic carbocycles. The van der Waals surface area contributed by atoms with Crippen LogP contribution < -0.4 is 20.9 Å². The third-order valence-corrected chi connectivity index (χ3v) is 3.69. The van der Waals surface area contributed by atoms with Crippen LogP contribution in [0, 0.1) is 5.82 Å². The van der Waals surface area contributed by atoms with E-state index >= 15 is 0 Å². The van der Waals surface area contributed by atoms with Crippen molar-refractivity contribution < 1.29 is 18.7 Å². The van der Waals surface area contributed by atoms with Crippen molar-refractivity contribution >= 4 is 34.7 Å². The van der Waals surface area contributed by atoms with Gasteiger partial charge in [-0.3, -0.25) is 20.4 Å². The fourth-order valence-electron chi connectivity index (χ4n) is 2.16. The number of hydrogen-bond acceptors (Lipinski definition) is 4. The molecule has 0 radical (unpaired) electrons. The predicted octanol–water partition coefficient (Wildman–Crippen LogP) is 3.21. The number of benzene rings is 2. The molecule has 0 aliphatic carbocycles. The van der Waals surface area contributed by atoms with Gasteiger partial charge in [-0.25, -0.2) is 4.39 Å². The summed E-state index contributed by atoms with van der Waals surface area (Å²) in [6.45, 7) is 2.44. The minimum absolute atomic E-state index is 0.0121. The van der Waals surface area contributed by atoms with Gasteiger partial charge in [0.2, 0.25) is 5.91 Å². The first kappa shape index (κ1) is 20.3. The number of carbonyl (C=O) groups excluding carboxylic acids is 2. The second-order valence-electron chi connectivity index (χ2n) is 5.51. The third kappa shape index (κ3) is 7.02. The van der Waals surface area contributed by atoms with Crippen molar-refractivity contribution in [1.29, 1.82) is 0 Å². The largest absolute Gasteiger partial charge is 0.494 e. The van der Waals surface area contributed by atoms with Gasteiger partial charge in [-0.2, -0.15) is 0 Å². The number of hydrogen-bond donors (Lipinski definition) is 3. The second kappa shape index (κ2) is 10.2. The summed E-state index contributed by atoms with van der Waals surface area (Å²) < 4.78 is 18.2. The zero-order valence-electron chi connectivity index (χ0n) is 14.8. The molecule has 3 N–H and O–H groups in total. The van der Waals surface area contributed by atoms with Gasteiger partial charge in [-0.15, -0.1) is 0 Å². The van der Waals surface area contributed by atoms with Crippen LogP contribution in [-0.2, 0) is 4.79 Å². The monoisotopic (exact) mass is 389 g/mol. The number of anilines is 1. The molecular weight excluding hydrogens is 369 g/mol. The first-order valence-corrected chi connectivity index (χ1v) is 8.76. The van der Waals surface area contributed by atoms with Gasteiger partial charge >= 0.3 is 0 Å². The molecule has 0 saturated carbocycles. The van der Waals surface area contributed by atoms with E-state index in [1.807, 2.05) is 6.92 Å². The maximum Gasteiger partial charge on any atom is 0.238 e. The van der Waals surface area contributed by atoms with Crippen LogP contribution in [0.5, 0.6) is 5.75 Å². The van der Waals surface area contributed by atoms with E-state index in [0.717, 1.165) is 0 Å². The Morgan fingerprint density at radius 3 is 2.30 bits per heavy atom. The number of halogens is 1. The van der Waals surface area contributed by atoms with Crippen LogP contribution in [-0.4, -0.2) is 23.4 Å². The minimum atomic E-state index is -0.377. The summed E-state index contributed by atoms with van der Waals surface area (Å²) in [6.07, 6.45) is 0.0812. The van der Waals surface area contributed by atoms with Gasteiger partial charge in [0.25, 0.3) is 0 Å². The molecule has 1 amide bonds. The molecule has 0 bridgehead atoms. The number of ether oxygens (including phenoxy) is 1. The maximum absolute atomic E-state index is 12.8. The second-order valence-corrected chi connectivity index (χ2v) is 5.92. The van der Waals surface area contributed by atoms with Crippen molar-refractivity contribution in [3.05, 3.63) is 59.9 Å². The van der Waals surface area contributed by atoms with Crippen LogP contribution in [0.1, 0.15) is 30.1 Å². The lowest BCUT2D eigenvalue weighted by Crippen LogP contribution is -2.43. The molecular formula is C19H20FN3O3S. The van der Waals surface area contributed by atoms with E-state index in [4.69, 9.17) is 17.0 Å². The Hall–Kier alpha value is -3.00. The van der Waals surface area contributed by atoms with Gasteiger partial charge in [0.05, 0.1) is 6.61 Å². The molecule has 0 aliphatic heterocycles. The molecule has 142 valence electrons. The summed E-state index contributed by atoms with van der Waals surface area (Å²) in [4.78, 5) is 24.0. The lowest BCUT2D eigenvalue weighted by atomic mass is 10.1. The van der Waals surface area contributed by atoms with E-state index in [9.17, 15) is 14.0 Å². The first-order chi connectivity index (χ1) is 13.0. The SMILES string of the molecule is CCOc1ccc(C(=O)CCC(=O)NNC(=S)Nc2ccc(F)cc2)cc1. The van der Waals surface area contributed by atoms with Crippen LogP contribution in [0.3, 0.4) is 0 Å². The van der Waals surface area contributed by atoms with E-state index in [1.54, 1.807) is 24.3 Å². The number of carbonyl (C=O) groups is 2. The molecule has 0 atom stereocenters. The van der Waals surface area contributed by atoms with Crippen molar-refractivity contribution in [2.45, 2.75) is 19.8 Å². The number of Topliss-reactive ketones (excluding diaryl/α,β-unsaturated/α-hetero) is 1. The summed E-state index contributed by atoms with van der Waals surface area (Å²) in [5, 5.41) is 2.94. The van der Waals surface area contributed by atoms with Gasteiger partial charge in [0.15, 0.2) is 10.9 Å². The van der Waals surface area contributed by atoms with Crippen LogP contribution in [0.4, 0.5) is 10.1 Å². The highest BCUT2D eigenvalue weighted by molar-refractivity contribution is 7.80. The molecule has 0 fully saturated rings. The summed E-state index contributed by atoms with van der Waals surface area (Å²) in [6, 6.07) is 12.4. The molecule has 8 heteroatoms. The van der Waals surface area contributed by atoms with E-state index < -0.39 is 0 Å². The molecule has 2 rings (SSSR count). The molecule has 0 heterocycles. The topological polar surface area (TPSA) is 79.5 Å². The smallest absolute Gasteiger partial charge is 0.238 e. The Bertz CT molecular complexity index is 795. The van der Waals surface area contributed by atoms with Gasteiger partial charge in [-0.05, 0) is 67.7 Å². The van der Waals surface area contributed by atoms with E-state index in [2.05, 4.69) is 16.2 Å². The summed E-state index contributed by atoms with van der Waals surface area (Å²) in [5.74, 6) is -0.180. The average molecular weight is 389 g/mol. The number of rotatable bonds is 7. The van der Waals surface area contributed by atoms with Crippen LogP contribution in [0.15, 0.2) is 48.5 Å². The Balaban J connectivity index is 1.71. The zero-order chi connectivity index (χ0) is 19.6. The zero-order valence-corrected chi connectivity index (χ0v) is 15.6. The number of thiocarbonyl (C=S) groups is 1. The highest BCUT2D eigenvalue weighted by Crippen LogP contribution is 2.14. The van der Waals surface area contributed by atoms with Gasteiger partial charge in [0, 0.05) is 24.1 Å².